The molecule has 5 rings (SSSR count). The zero-order chi connectivity index (χ0) is 13.7. The van der Waals surface area contributed by atoms with E-state index >= 15 is 0 Å². The van der Waals surface area contributed by atoms with Crippen LogP contribution in [0.15, 0.2) is 30.3 Å². The first-order valence-electron chi connectivity index (χ1n) is 8.53. The minimum Gasteiger partial charge on any atom is -0.327 e. The highest BCUT2D eigenvalue weighted by atomic mass is 14.8. The normalized spacial score (nSPS) is 43.7. The third-order valence-electron chi connectivity index (χ3n) is 6.70. The van der Waals surface area contributed by atoms with Crippen molar-refractivity contribution < 1.29 is 0 Å². The van der Waals surface area contributed by atoms with Crippen LogP contribution in [-0.2, 0) is 0 Å². The highest BCUT2D eigenvalue weighted by Crippen LogP contribution is 2.67. The van der Waals surface area contributed by atoms with E-state index in [0.29, 0.717) is 11.5 Å². The molecule has 0 aromatic heterocycles. The molecule has 2 N–H and O–H groups in total. The van der Waals surface area contributed by atoms with Crippen LogP contribution in [0.25, 0.3) is 0 Å². The van der Waals surface area contributed by atoms with E-state index in [1.54, 1.807) is 5.56 Å². The Bertz CT molecular complexity index is 466. The van der Waals surface area contributed by atoms with E-state index in [1.807, 2.05) is 0 Å². The average molecular weight is 269 g/mol. The van der Waals surface area contributed by atoms with E-state index in [1.165, 1.54) is 32.1 Å². The fraction of sp³-hybridized carbons (Fsp3) is 0.684. The van der Waals surface area contributed by atoms with Gasteiger partial charge in [0.25, 0.3) is 0 Å². The Morgan fingerprint density at radius 2 is 1.75 bits per heavy atom. The maximum absolute atomic E-state index is 6.70. The molecule has 0 amide bonds. The Hall–Kier alpha value is -0.820. The van der Waals surface area contributed by atoms with E-state index in [0.717, 1.165) is 30.1 Å². The molecule has 4 atom stereocenters. The van der Waals surface area contributed by atoms with Gasteiger partial charge in [0.15, 0.2) is 0 Å². The molecule has 0 heterocycles. The summed E-state index contributed by atoms with van der Waals surface area (Å²) in [6, 6.07) is 11.7. The number of nitrogens with two attached hydrogens (primary N) is 1. The van der Waals surface area contributed by atoms with Gasteiger partial charge >= 0.3 is 0 Å². The number of hydrogen-bond donors (Lipinski definition) is 1. The molecule has 1 heteroatoms. The van der Waals surface area contributed by atoms with Crippen molar-refractivity contribution in [3.8, 4) is 0 Å². The van der Waals surface area contributed by atoms with Crippen molar-refractivity contribution in [1.29, 1.82) is 0 Å². The number of benzene rings is 1. The summed E-state index contributed by atoms with van der Waals surface area (Å²) >= 11 is 0. The fourth-order valence-electron chi connectivity index (χ4n) is 6.31. The molecule has 4 unspecified atom stereocenters. The molecule has 4 fully saturated rings. The SMILES string of the molecule is CCC(N)C12CC3CC(CC(C3)C1c1ccccc1)C2. The van der Waals surface area contributed by atoms with Crippen molar-refractivity contribution in [1.82, 2.24) is 0 Å². The molecule has 0 radical (unpaired) electrons. The Kier molecular flexibility index (Phi) is 2.96. The van der Waals surface area contributed by atoms with Gasteiger partial charge in [-0.1, -0.05) is 37.3 Å². The van der Waals surface area contributed by atoms with Gasteiger partial charge in [0.05, 0.1) is 0 Å². The lowest BCUT2D eigenvalue weighted by Gasteiger charge is -2.63. The molecule has 1 nitrogen and oxygen atoms in total. The van der Waals surface area contributed by atoms with Crippen molar-refractivity contribution in [2.24, 2.45) is 28.9 Å². The smallest absolute Gasteiger partial charge is 0.00991 e. The lowest BCUT2D eigenvalue weighted by Crippen LogP contribution is -2.58. The Labute approximate surface area is 122 Å². The van der Waals surface area contributed by atoms with E-state index < -0.39 is 0 Å². The van der Waals surface area contributed by atoms with Gasteiger partial charge in [-0.3, -0.25) is 0 Å². The quantitative estimate of drug-likeness (QED) is 0.868. The first-order chi connectivity index (χ1) is 9.73. The van der Waals surface area contributed by atoms with Crippen molar-refractivity contribution in [2.75, 3.05) is 0 Å². The van der Waals surface area contributed by atoms with Gasteiger partial charge in [0, 0.05) is 6.04 Å². The van der Waals surface area contributed by atoms with E-state index in [2.05, 4.69) is 37.3 Å². The highest BCUT2D eigenvalue weighted by Gasteiger charge is 2.58. The molecule has 4 aliphatic rings. The van der Waals surface area contributed by atoms with Crippen LogP contribution in [0.3, 0.4) is 0 Å². The topological polar surface area (TPSA) is 26.0 Å². The first-order valence-corrected chi connectivity index (χ1v) is 8.53. The van der Waals surface area contributed by atoms with Crippen LogP contribution >= 0.6 is 0 Å². The average Bonchev–Trinajstić information content (AvgIpc) is 2.46. The Morgan fingerprint density at radius 1 is 1.10 bits per heavy atom. The summed E-state index contributed by atoms with van der Waals surface area (Å²) < 4.78 is 0. The zero-order valence-corrected chi connectivity index (χ0v) is 12.6. The summed E-state index contributed by atoms with van der Waals surface area (Å²) in [4.78, 5) is 0. The van der Waals surface area contributed by atoms with Crippen molar-refractivity contribution in [2.45, 2.75) is 57.4 Å². The van der Waals surface area contributed by atoms with Crippen LogP contribution in [0.1, 0.15) is 56.9 Å². The Balaban J connectivity index is 1.79. The molecular weight excluding hydrogens is 242 g/mol. The summed E-state index contributed by atoms with van der Waals surface area (Å²) in [5.41, 5.74) is 8.68. The van der Waals surface area contributed by atoms with Gasteiger partial charge in [-0.25, -0.2) is 0 Å². The van der Waals surface area contributed by atoms with Crippen molar-refractivity contribution >= 4 is 0 Å². The summed E-state index contributed by atoms with van der Waals surface area (Å²) in [7, 11) is 0. The summed E-state index contributed by atoms with van der Waals surface area (Å²) in [6.07, 6.45) is 8.36. The molecule has 0 spiro atoms. The van der Waals surface area contributed by atoms with E-state index in [9.17, 15) is 0 Å². The van der Waals surface area contributed by atoms with Gasteiger partial charge in [-0.05, 0) is 73.2 Å². The molecule has 0 saturated heterocycles. The maximum Gasteiger partial charge on any atom is 0.00991 e. The van der Waals surface area contributed by atoms with Gasteiger partial charge < -0.3 is 5.73 Å². The predicted octanol–water partition coefficient (Wildman–Crippen LogP) is 4.33. The van der Waals surface area contributed by atoms with Crippen molar-refractivity contribution in [3.05, 3.63) is 35.9 Å². The monoisotopic (exact) mass is 269 g/mol. The maximum atomic E-state index is 6.70. The van der Waals surface area contributed by atoms with Crippen LogP contribution in [0.4, 0.5) is 0 Å². The van der Waals surface area contributed by atoms with Gasteiger partial charge in [-0.15, -0.1) is 0 Å². The minimum absolute atomic E-state index is 0.390. The molecule has 1 aromatic carbocycles. The van der Waals surface area contributed by atoms with Crippen LogP contribution in [-0.4, -0.2) is 6.04 Å². The second-order valence-electron chi connectivity index (χ2n) is 7.74. The molecule has 4 saturated carbocycles. The summed E-state index contributed by atoms with van der Waals surface area (Å²) in [5.74, 6) is 3.59. The standard InChI is InChI=1S/C19H27N/c1-2-17(20)19-11-13-8-14(12-19)10-16(9-13)18(19)15-6-4-3-5-7-15/h3-7,13-14,16-18H,2,8-12,20H2,1H3. The molecule has 4 bridgehead atoms. The third-order valence-corrected chi connectivity index (χ3v) is 6.70. The highest BCUT2D eigenvalue weighted by molar-refractivity contribution is 5.28. The molecule has 20 heavy (non-hydrogen) atoms. The number of rotatable bonds is 3. The molecule has 4 aliphatic carbocycles. The van der Waals surface area contributed by atoms with Crippen LogP contribution < -0.4 is 5.73 Å². The largest absolute Gasteiger partial charge is 0.327 e. The summed E-state index contributed by atoms with van der Waals surface area (Å²) in [6.45, 7) is 2.28. The lowest BCUT2D eigenvalue weighted by atomic mass is 9.42. The minimum atomic E-state index is 0.390. The zero-order valence-electron chi connectivity index (χ0n) is 12.6. The second-order valence-corrected chi connectivity index (χ2v) is 7.74. The van der Waals surface area contributed by atoms with Crippen LogP contribution in [0.5, 0.6) is 0 Å². The third kappa shape index (κ3) is 1.72. The lowest BCUT2D eigenvalue weighted by molar-refractivity contribution is -0.0898. The van der Waals surface area contributed by atoms with Gasteiger partial charge in [-0.2, -0.15) is 0 Å². The first kappa shape index (κ1) is 12.9. The molecule has 108 valence electrons. The molecule has 0 aliphatic heterocycles. The predicted molar refractivity (Wildman–Crippen MR) is 83.4 cm³/mol. The van der Waals surface area contributed by atoms with Gasteiger partial charge in [0.2, 0.25) is 0 Å². The number of hydrogen-bond acceptors (Lipinski definition) is 1. The van der Waals surface area contributed by atoms with Gasteiger partial charge in [0.1, 0.15) is 0 Å². The second kappa shape index (κ2) is 4.59. The fourth-order valence-corrected chi connectivity index (χ4v) is 6.31. The van der Waals surface area contributed by atoms with Crippen LogP contribution in [0, 0.1) is 23.2 Å². The molecule has 1 aromatic rings. The molecular formula is C19H27N. The van der Waals surface area contributed by atoms with Crippen LogP contribution in [0.2, 0.25) is 0 Å². The van der Waals surface area contributed by atoms with Crippen molar-refractivity contribution in [3.63, 3.8) is 0 Å². The Morgan fingerprint density at radius 3 is 2.35 bits per heavy atom. The van der Waals surface area contributed by atoms with E-state index in [4.69, 9.17) is 5.73 Å². The van der Waals surface area contributed by atoms with E-state index in [-0.39, 0.29) is 0 Å². The summed E-state index contributed by atoms with van der Waals surface area (Å²) in [5, 5.41) is 0.